The predicted molar refractivity (Wildman–Crippen MR) is 75.8 cm³/mol. The molecule has 2 aromatic rings. The first-order chi connectivity index (χ1) is 9.61. The van der Waals surface area contributed by atoms with Crippen molar-refractivity contribution in [2.24, 2.45) is 0 Å². The van der Waals surface area contributed by atoms with Crippen LogP contribution >= 0.6 is 0 Å². The molecule has 5 heteroatoms. The molecule has 1 unspecified atom stereocenters. The van der Waals surface area contributed by atoms with Crippen molar-refractivity contribution >= 4 is 17.4 Å². The van der Waals surface area contributed by atoms with Crippen LogP contribution in [0.1, 0.15) is 36.5 Å². The number of rotatable bonds is 6. The molecule has 0 aliphatic rings. The molecule has 2 heterocycles. The molecule has 5 nitrogen and oxygen atoms in total. The van der Waals surface area contributed by atoms with Gasteiger partial charge in [0.05, 0.1) is 5.56 Å². The number of carbonyl (C=O) groups is 2. The number of hydrogen-bond donors (Lipinski definition) is 2. The highest BCUT2D eigenvalue weighted by atomic mass is 16.4. The molecule has 0 saturated carbocycles. The fourth-order valence-electron chi connectivity index (χ4n) is 2.09. The van der Waals surface area contributed by atoms with Crippen molar-refractivity contribution in [3.63, 3.8) is 0 Å². The quantitative estimate of drug-likeness (QED) is 0.849. The maximum atomic E-state index is 12.1. The fraction of sp³-hybridized carbons (Fsp3) is 0.333. The van der Waals surface area contributed by atoms with Crippen molar-refractivity contribution in [3.05, 3.63) is 42.2 Å². The van der Waals surface area contributed by atoms with Gasteiger partial charge in [0, 0.05) is 17.9 Å². The Bertz CT molecular complexity index is 585. The van der Waals surface area contributed by atoms with Crippen LogP contribution in [0.25, 0.3) is 5.52 Å². The molecule has 1 atom stereocenters. The molecule has 0 aliphatic heterocycles. The minimum atomic E-state index is -0.990. The summed E-state index contributed by atoms with van der Waals surface area (Å²) in [4.78, 5) is 23.2. The summed E-state index contributed by atoms with van der Waals surface area (Å²) in [5, 5.41) is 11.7. The smallest absolute Gasteiger partial charge is 0.326 e. The molecule has 0 radical (unpaired) electrons. The number of aromatic nitrogens is 1. The third kappa shape index (κ3) is 3.17. The lowest BCUT2D eigenvalue weighted by atomic mass is 10.1. The lowest BCUT2D eigenvalue weighted by Crippen LogP contribution is -2.40. The van der Waals surface area contributed by atoms with E-state index in [0.29, 0.717) is 12.0 Å². The minimum absolute atomic E-state index is 0.350. The van der Waals surface area contributed by atoms with Gasteiger partial charge in [0.2, 0.25) is 0 Å². The maximum absolute atomic E-state index is 12.1. The fourth-order valence-corrected chi connectivity index (χ4v) is 2.09. The molecule has 0 aliphatic carbocycles. The third-order valence-electron chi connectivity index (χ3n) is 3.22. The van der Waals surface area contributed by atoms with Crippen LogP contribution in [0.3, 0.4) is 0 Å². The Hall–Kier alpha value is -2.30. The number of carboxylic acids is 1. The summed E-state index contributed by atoms with van der Waals surface area (Å²) in [7, 11) is 0. The SMILES string of the molecule is CCCCC(NC(=O)c1cc2ccccn2c1)C(=O)O. The Morgan fingerprint density at radius 3 is 2.85 bits per heavy atom. The van der Waals surface area contributed by atoms with E-state index < -0.39 is 12.0 Å². The summed E-state index contributed by atoms with van der Waals surface area (Å²) < 4.78 is 1.83. The number of nitrogens with zero attached hydrogens (tertiary/aromatic N) is 1. The third-order valence-corrected chi connectivity index (χ3v) is 3.22. The van der Waals surface area contributed by atoms with E-state index in [9.17, 15) is 9.59 Å². The number of carbonyl (C=O) groups excluding carboxylic acids is 1. The summed E-state index contributed by atoms with van der Waals surface area (Å²) in [6, 6.07) is 6.57. The van der Waals surface area contributed by atoms with Crippen LogP contribution in [-0.4, -0.2) is 27.4 Å². The van der Waals surface area contributed by atoms with Crippen LogP contribution in [0.4, 0.5) is 0 Å². The Morgan fingerprint density at radius 2 is 2.20 bits per heavy atom. The highest BCUT2D eigenvalue weighted by Gasteiger charge is 2.20. The number of unbranched alkanes of at least 4 members (excludes halogenated alkanes) is 1. The molecule has 2 N–H and O–H groups in total. The van der Waals surface area contributed by atoms with Crippen molar-refractivity contribution in [3.8, 4) is 0 Å². The zero-order valence-electron chi connectivity index (χ0n) is 11.4. The van der Waals surface area contributed by atoms with E-state index >= 15 is 0 Å². The van der Waals surface area contributed by atoms with Crippen LogP contribution in [0, 0.1) is 0 Å². The zero-order valence-corrected chi connectivity index (χ0v) is 11.4. The van der Waals surface area contributed by atoms with Gasteiger partial charge in [0.1, 0.15) is 6.04 Å². The van der Waals surface area contributed by atoms with E-state index in [4.69, 9.17) is 5.11 Å². The van der Waals surface area contributed by atoms with Crippen LogP contribution in [0.2, 0.25) is 0 Å². The Labute approximate surface area is 117 Å². The molecule has 0 fully saturated rings. The largest absolute Gasteiger partial charge is 0.480 e. The Balaban J connectivity index is 2.11. The van der Waals surface area contributed by atoms with E-state index in [0.717, 1.165) is 18.4 Å². The normalized spacial score (nSPS) is 12.2. The average Bonchev–Trinajstić information content (AvgIpc) is 2.86. The van der Waals surface area contributed by atoms with Crippen molar-refractivity contribution in [2.75, 3.05) is 0 Å². The van der Waals surface area contributed by atoms with E-state index in [-0.39, 0.29) is 5.91 Å². The minimum Gasteiger partial charge on any atom is -0.480 e. The first-order valence-corrected chi connectivity index (χ1v) is 6.72. The molecule has 20 heavy (non-hydrogen) atoms. The monoisotopic (exact) mass is 274 g/mol. The van der Waals surface area contributed by atoms with E-state index in [1.807, 2.05) is 35.7 Å². The number of nitrogens with one attached hydrogen (secondary N) is 1. The number of aliphatic carboxylic acids is 1. The molecule has 0 aromatic carbocycles. The summed E-state index contributed by atoms with van der Waals surface area (Å²) in [6.07, 6.45) is 5.66. The van der Waals surface area contributed by atoms with Gasteiger partial charge in [-0.2, -0.15) is 0 Å². The Kier molecular flexibility index (Phi) is 4.40. The molecule has 1 amide bonds. The Morgan fingerprint density at radius 1 is 1.40 bits per heavy atom. The highest BCUT2D eigenvalue weighted by Crippen LogP contribution is 2.10. The number of fused-ring (bicyclic) bond motifs is 1. The lowest BCUT2D eigenvalue weighted by molar-refractivity contribution is -0.139. The molecular formula is C15H18N2O3. The zero-order chi connectivity index (χ0) is 14.5. The summed E-state index contributed by atoms with van der Waals surface area (Å²) in [5.41, 5.74) is 1.37. The van der Waals surface area contributed by atoms with Crippen LogP contribution < -0.4 is 5.32 Å². The van der Waals surface area contributed by atoms with Crippen molar-refractivity contribution in [1.29, 1.82) is 0 Å². The van der Waals surface area contributed by atoms with Gasteiger partial charge >= 0.3 is 5.97 Å². The number of pyridine rings is 1. The predicted octanol–water partition coefficient (Wildman–Crippen LogP) is 2.31. The molecule has 0 spiro atoms. The van der Waals surface area contributed by atoms with Crippen LogP contribution in [0.15, 0.2) is 36.7 Å². The first-order valence-electron chi connectivity index (χ1n) is 6.72. The van der Waals surface area contributed by atoms with E-state index in [2.05, 4.69) is 5.32 Å². The van der Waals surface area contributed by atoms with Crippen LogP contribution in [-0.2, 0) is 4.79 Å². The van der Waals surface area contributed by atoms with Gasteiger partial charge in [-0.15, -0.1) is 0 Å². The summed E-state index contributed by atoms with van der Waals surface area (Å²) >= 11 is 0. The molecule has 2 rings (SSSR count). The molecular weight excluding hydrogens is 256 g/mol. The number of carboxylic acid groups (broad SMARTS) is 1. The van der Waals surface area contributed by atoms with Gasteiger partial charge < -0.3 is 14.8 Å². The number of hydrogen-bond acceptors (Lipinski definition) is 2. The molecule has 0 saturated heterocycles. The van der Waals surface area contributed by atoms with Gasteiger partial charge in [-0.3, -0.25) is 4.79 Å². The van der Waals surface area contributed by atoms with E-state index in [1.54, 1.807) is 12.3 Å². The summed E-state index contributed by atoms with van der Waals surface area (Å²) in [5.74, 6) is -1.34. The number of amides is 1. The van der Waals surface area contributed by atoms with Crippen molar-refractivity contribution < 1.29 is 14.7 Å². The second kappa shape index (κ2) is 6.23. The average molecular weight is 274 g/mol. The van der Waals surface area contributed by atoms with Crippen molar-refractivity contribution in [2.45, 2.75) is 32.2 Å². The van der Waals surface area contributed by atoms with Crippen LogP contribution in [0.5, 0.6) is 0 Å². The van der Waals surface area contributed by atoms with Gasteiger partial charge in [0.25, 0.3) is 5.91 Å². The highest BCUT2D eigenvalue weighted by molar-refractivity contribution is 5.97. The van der Waals surface area contributed by atoms with E-state index in [1.165, 1.54) is 0 Å². The first kappa shape index (κ1) is 14.1. The van der Waals surface area contributed by atoms with Crippen molar-refractivity contribution in [1.82, 2.24) is 9.72 Å². The van der Waals surface area contributed by atoms with Gasteiger partial charge in [-0.25, -0.2) is 4.79 Å². The van der Waals surface area contributed by atoms with Gasteiger partial charge in [-0.05, 0) is 24.6 Å². The second-order valence-corrected chi connectivity index (χ2v) is 4.77. The van der Waals surface area contributed by atoms with Gasteiger partial charge in [-0.1, -0.05) is 25.8 Å². The standard InChI is InChI=1S/C15H18N2O3/c1-2-3-7-13(15(19)20)16-14(18)11-9-12-6-4-5-8-17(12)10-11/h4-6,8-10,13H,2-3,7H2,1H3,(H,16,18)(H,19,20). The molecule has 2 aromatic heterocycles. The molecule has 0 bridgehead atoms. The second-order valence-electron chi connectivity index (χ2n) is 4.77. The summed E-state index contributed by atoms with van der Waals surface area (Å²) in [6.45, 7) is 1.99. The lowest BCUT2D eigenvalue weighted by Gasteiger charge is -2.13. The maximum Gasteiger partial charge on any atom is 0.326 e. The molecule has 106 valence electrons. The topological polar surface area (TPSA) is 70.8 Å². The van der Waals surface area contributed by atoms with Gasteiger partial charge in [0.15, 0.2) is 0 Å².